The van der Waals surface area contributed by atoms with E-state index in [0.717, 1.165) is 13.0 Å². The maximum Gasteiger partial charge on any atom is 0.0808 e. The van der Waals surface area contributed by atoms with Gasteiger partial charge in [-0.3, -0.25) is 0 Å². The first-order valence-electron chi connectivity index (χ1n) is 5.40. The van der Waals surface area contributed by atoms with E-state index < -0.39 is 0 Å². The lowest BCUT2D eigenvalue weighted by molar-refractivity contribution is -0.0503. The Hall–Kier alpha value is -0.160. The van der Waals surface area contributed by atoms with E-state index in [4.69, 9.17) is 19.9 Å². The predicted molar refractivity (Wildman–Crippen MR) is 54.3 cm³/mol. The summed E-state index contributed by atoms with van der Waals surface area (Å²) in [6.07, 6.45) is 3.88. The van der Waals surface area contributed by atoms with E-state index >= 15 is 0 Å². The molecular weight excluding hydrogens is 182 g/mol. The lowest BCUT2D eigenvalue weighted by Crippen LogP contribution is -2.25. The van der Waals surface area contributed by atoms with E-state index in [1.165, 1.54) is 12.8 Å². The van der Waals surface area contributed by atoms with E-state index in [0.29, 0.717) is 39.1 Å². The third-order valence-corrected chi connectivity index (χ3v) is 2.21. The Morgan fingerprint density at radius 2 is 2.00 bits per heavy atom. The normalized spacial score (nSPS) is 22.5. The minimum Gasteiger partial charge on any atom is -0.378 e. The minimum atomic E-state index is 0.304. The molecular formula is C10H21NO3. The van der Waals surface area contributed by atoms with E-state index in [1.54, 1.807) is 0 Å². The van der Waals surface area contributed by atoms with E-state index in [1.807, 2.05) is 0 Å². The summed E-state index contributed by atoms with van der Waals surface area (Å²) in [5, 5.41) is 0. The van der Waals surface area contributed by atoms with Gasteiger partial charge in [0.2, 0.25) is 0 Å². The smallest absolute Gasteiger partial charge is 0.0808 e. The van der Waals surface area contributed by atoms with Gasteiger partial charge in [0.25, 0.3) is 0 Å². The molecule has 1 saturated heterocycles. The summed E-state index contributed by atoms with van der Waals surface area (Å²) in [7, 11) is 0. The van der Waals surface area contributed by atoms with Crippen molar-refractivity contribution in [3.8, 4) is 0 Å². The van der Waals surface area contributed by atoms with Crippen molar-refractivity contribution in [3.63, 3.8) is 0 Å². The van der Waals surface area contributed by atoms with Crippen molar-refractivity contribution in [1.82, 2.24) is 0 Å². The topological polar surface area (TPSA) is 53.7 Å². The molecule has 0 bridgehead atoms. The third-order valence-electron chi connectivity index (χ3n) is 2.21. The molecule has 1 rings (SSSR count). The molecule has 0 radical (unpaired) electrons. The fourth-order valence-electron chi connectivity index (χ4n) is 1.46. The van der Waals surface area contributed by atoms with Crippen molar-refractivity contribution in [2.24, 2.45) is 5.73 Å². The highest BCUT2D eigenvalue weighted by molar-refractivity contribution is 4.62. The number of hydrogen-bond donors (Lipinski definition) is 1. The zero-order chi connectivity index (χ0) is 10.1. The molecule has 0 aromatic heterocycles. The van der Waals surface area contributed by atoms with Crippen molar-refractivity contribution < 1.29 is 14.2 Å². The summed E-state index contributed by atoms with van der Waals surface area (Å²) >= 11 is 0. The highest BCUT2D eigenvalue weighted by atomic mass is 16.5. The molecule has 0 aliphatic carbocycles. The van der Waals surface area contributed by atoms with Crippen molar-refractivity contribution in [2.75, 3.05) is 39.6 Å². The van der Waals surface area contributed by atoms with Crippen LogP contribution in [-0.4, -0.2) is 45.7 Å². The molecule has 4 heteroatoms. The average Bonchev–Trinajstić information content (AvgIpc) is 2.25. The maximum absolute atomic E-state index is 5.52. The fraction of sp³-hybridized carbons (Fsp3) is 1.00. The van der Waals surface area contributed by atoms with Crippen LogP contribution >= 0.6 is 0 Å². The Morgan fingerprint density at radius 3 is 2.71 bits per heavy atom. The van der Waals surface area contributed by atoms with Crippen LogP contribution in [0.3, 0.4) is 0 Å². The standard InChI is InChI=1S/C10H21NO3/c11-4-6-12-7-8-13-9-10-3-1-2-5-14-10/h10H,1-9,11H2. The van der Waals surface area contributed by atoms with E-state index in [-0.39, 0.29) is 0 Å². The molecule has 0 aromatic rings. The summed E-state index contributed by atoms with van der Waals surface area (Å²) in [5.74, 6) is 0. The lowest BCUT2D eigenvalue weighted by atomic mass is 10.1. The van der Waals surface area contributed by atoms with Crippen LogP contribution in [-0.2, 0) is 14.2 Å². The Morgan fingerprint density at radius 1 is 1.14 bits per heavy atom. The predicted octanol–water partition coefficient (Wildman–Crippen LogP) is 0.547. The lowest BCUT2D eigenvalue weighted by Gasteiger charge is -2.22. The maximum atomic E-state index is 5.52. The number of nitrogens with two attached hydrogens (primary N) is 1. The van der Waals surface area contributed by atoms with Gasteiger partial charge < -0.3 is 19.9 Å². The summed E-state index contributed by atoms with van der Waals surface area (Å²) < 4.78 is 16.1. The number of ether oxygens (including phenoxy) is 3. The van der Waals surface area contributed by atoms with E-state index in [9.17, 15) is 0 Å². The Balaban J connectivity index is 1.82. The molecule has 1 unspecified atom stereocenters. The second-order valence-electron chi connectivity index (χ2n) is 3.46. The van der Waals surface area contributed by atoms with Gasteiger partial charge in [-0.05, 0) is 19.3 Å². The highest BCUT2D eigenvalue weighted by Crippen LogP contribution is 2.12. The van der Waals surface area contributed by atoms with Crippen LogP contribution in [0.25, 0.3) is 0 Å². The number of rotatable bonds is 7. The van der Waals surface area contributed by atoms with Crippen molar-refractivity contribution in [1.29, 1.82) is 0 Å². The Bertz CT molecular complexity index is 127. The average molecular weight is 203 g/mol. The molecule has 0 aromatic carbocycles. The van der Waals surface area contributed by atoms with Crippen LogP contribution in [0.15, 0.2) is 0 Å². The van der Waals surface area contributed by atoms with Gasteiger partial charge in [0.15, 0.2) is 0 Å². The molecule has 1 fully saturated rings. The summed E-state index contributed by atoms with van der Waals surface area (Å²) in [5.41, 5.74) is 5.27. The zero-order valence-corrected chi connectivity index (χ0v) is 8.74. The SMILES string of the molecule is NCCOCCOCC1CCCCO1. The van der Waals surface area contributed by atoms with Gasteiger partial charge in [-0.2, -0.15) is 0 Å². The van der Waals surface area contributed by atoms with Crippen molar-refractivity contribution >= 4 is 0 Å². The van der Waals surface area contributed by atoms with Crippen LogP contribution in [0.1, 0.15) is 19.3 Å². The van der Waals surface area contributed by atoms with Crippen LogP contribution < -0.4 is 5.73 Å². The molecule has 1 atom stereocenters. The van der Waals surface area contributed by atoms with Gasteiger partial charge in [-0.25, -0.2) is 0 Å². The van der Waals surface area contributed by atoms with Crippen LogP contribution in [0.4, 0.5) is 0 Å². The third kappa shape index (κ3) is 5.54. The van der Waals surface area contributed by atoms with Crippen molar-refractivity contribution in [3.05, 3.63) is 0 Å². The van der Waals surface area contributed by atoms with Gasteiger partial charge in [-0.15, -0.1) is 0 Å². The van der Waals surface area contributed by atoms with Gasteiger partial charge in [0, 0.05) is 13.2 Å². The first kappa shape index (κ1) is 11.9. The second kappa shape index (κ2) is 8.17. The molecule has 0 spiro atoms. The number of hydrogen-bond acceptors (Lipinski definition) is 4. The molecule has 4 nitrogen and oxygen atoms in total. The van der Waals surface area contributed by atoms with Crippen LogP contribution in [0.5, 0.6) is 0 Å². The van der Waals surface area contributed by atoms with Gasteiger partial charge in [0.05, 0.1) is 32.5 Å². The summed E-state index contributed by atoms with van der Waals surface area (Å²) in [4.78, 5) is 0. The largest absolute Gasteiger partial charge is 0.378 e. The van der Waals surface area contributed by atoms with Gasteiger partial charge >= 0.3 is 0 Å². The fourth-order valence-corrected chi connectivity index (χ4v) is 1.46. The summed E-state index contributed by atoms with van der Waals surface area (Å²) in [6, 6.07) is 0. The molecule has 1 heterocycles. The monoisotopic (exact) mass is 203 g/mol. The molecule has 1 aliphatic heterocycles. The van der Waals surface area contributed by atoms with Crippen LogP contribution in [0, 0.1) is 0 Å². The molecule has 2 N–H and O–H groups in total. The van der Waals surface area contributed by atoms with Gasteiger partial charge in [-0.1, -0.05) is 0 Å². The van der Waals surface area contributed by atoms with Crippen LogP contribution in [0.2, 0.25) is 0 Å². The second-order valence-corrected chi connectivity index (χ2v) is 3.46. The summed E-state index contributed by atoms with van der Waals surface area (Å²) in [6.45, 7) is 4.04. The first-order chi connectivity index (χ1) is 6.93. The first-order valence-corrected chi connectivity index (χ1v) is 5.40. The Kier molecular flexibility index (Phi) is 6.95. The van der Waals surface area contributed by atoms with E-state index in [2.05, 4.69) is 0 Å². The molecule has 84 valence electrons. The molecule has 0 amide bonds. The van der Waals surface area contributed by atoms with Crippen molar-refractivity contribution in [2.45, 2.75) is 25.4 Å². The zero-order valence-electron chi connectivity index (χ0n) is 8.74. The highest BCUT2D eigenvalue weighted by Gasteiger charge is 2.13. The molecule has 14 heavy (non-hydrogen) atoms. The Labute approximate surface area is 85.7 Å². The molecule has 0 saturated carbocycles. The van der Waals surface area contributed by atoms with Gasteiger partial charge in [0.1, 0.15) is 0 Å². The quantitative estimate of drug-likeness (QED) is 0.614. The molecule has 1 aliphatic rings. The minimum absolute atomic E-state index is 0.304.